The first-order valence-corrected chi connectivity index (χ1v) is 6.85. The molecule has 2 amide bonds. The summed E-state index contributed by atoms with van der Waals surface area (Å²) in [4.78, 5) is 11.8. The average molecular weight is 262 g/mol. The summed E-state index contributed by atoms with van der Waals surface area (Å²) in [6, 6.07) is 5.80. The van der Waals surface area contributed by atoms with Crippen molar-refractivity contribution in [2.24, 2.45) is 5.92 Å². The monoisotopic (exact) mass is 262 g/mol. The van der Waals surface area contributed by atoms with Gasteiger partial charge in [0.25, 0.3) is 0 Å². The van der Waals surface area contributed by atoms with E-state index in [-0.39, 0.29) is 6.03 Å². The van der Waals surface area contributed by atoms with Crippen LogP contribution in [0.4, 0.5) is 10.5 Å². The largest absolute Gasteiger partial charge is 0.381 e. The van der Waals surface area contributed by atoms with E-state index in [0.717, 1.165) is 38.3 Å². The van der Waals surface area contributed by atoms with Crippen LogP contribution in [0.5, 0.6) is 0 Å². The van der Waals surface area contributed by atoms with E-state index in [2.05, 4.69) is 17.6 Å². The Bertz CT molecular complexity index is 440. The molecule has 0 unspecified atom stereocenters. The zero-order chi connectivity index (χ0) is 13.7. The lowest BCUT2D eigenvalue weighted by Gasteiger charge is -2.22. The molecule has 0 bridgehead atoms. The van der Waals surface area contributed by atoms with Crippen LogP contribution < -0.4 is 10.6 Å². The molecule has 1 aliphatic rings. The molecular weight excluding hydrogens is 240 g/mol. The molecule has 0 saturated carbocycles. The Morgan fingerprint density at radius 3 is 2.68 bits per heavy atom. The van der Waals surface area contributed by atoms with Crippen LogP contribution in [-0.2, 0) is 4.74 Å². The van der Waals surface area contributed by atoms with Crippen molar-refractivity contribution in [1.82, 2.24) is 5.32 Å². The van der Waals surface area contributed by atoms with E-state index in [4.69, 9.17) is 4.74 Å². The van der Waals surface area contributed by atoms with Crippen molar-refractivity contribution in [2.45, 2.75) is 26.7 Å². The fourth-order valence-electron chi connectivity index (χ4n) is 2.18. The molecule has 0 aliphatic carbocycles. The number of rotatable bonds is 3. The van der Waals surface area contributed by atoms with E-state index in [9.17, 15) is 4.79 Å². The molecule has 19 heavy (non-hydrogen) atoms. The fourth-order valence-corrected chi connectivity index (χ4v) is 2.18. The fraction of sp³-hybridized carbons (Fsp3) is 0.533. The van der Waals surface area contributed by atoms with Gasteiger partial charge in [0, 0.05) is 25.4 Å². The van der Waals surface area contributed by atoms with E-state index in [0.29, 0.717) is 5.92 Å². The van der Waals surface area contributed by atoms with Gasteiger partial charge in [-0.05, 0) is 55.9 Å². The maximum absolute atomic E-state index is 11.8. The maximum atomic E-state index is 11.8. The highest BCUT2D eigenvalue weighted by Crippen LogP contribution is 2.15. The number of hydrogen-bond acceptors (Lipinski definition) is 2. The van der Waals surface area contributed by atoms with Gasteiger partial charge in [0.05, 0.1) is 0 Å². The van der Waals surface area contributed by atoms with Gasteiger partial charge in [-0.3, -0.25) is 0 Å². The summed E-state index contributed by atoms with van der Waals surface area (Å²) >= 11 is 0. The third-order valence-electron chi connectivity index (χ3n) is 3.66. The third-order valence-corrected chi connectivity index (χ3v) is 3.66. The number of ether oxygens (including phenoxy) is 1. The second-order valence-corrected chi connectivity index (χ2v) is 5.19. The Morgan fingerprint density at radius 2 is 2.00 bits per heavy atom. The lowest BCUT2D eigenvalue weighted by Crippen LogP contribution is -2.35. The number of hydrogen-bond donors (Lipinski definition) is 2. The highest BCUT2D eigenvalue weighted by molar-refractivity contribution is 5.89. The van der Waals surface area contributed by atoms with E-state index in [1.54, 1.807) is 0 Å². The van der Waals surface area contributed by atoms with Gasteiger partial charge in [0.2, 0.25) is 0 Å². The first-order chi connectivity index (χ1) is 9.15. The summed E-state index contributed by atoms with van der Waals surface area (Å²) in [6.07, 6.45) is 2.06. The predicted molar refractivity (Wildman–Crippen MR) is 76.5 cm³/mol. The van der Waals surface area contributed by atoms with Crippen LogP contribution in [0.2, 0.25) is 0 Å². The Morgan fingerprint density at radius 1 is 1.26 bits per heavy atom. The molecule has 1 aromatic carbocycles. The van der Waals surface area contributed by atoms with Crippen LogP contribution in [-0.4, -0.2) is 25.8 Å². The van der Waals surface area contributed by atoms with Gasteiger partial charge in [0.15, 0.2) is 0 Å². The van der Waals surface area contributed by atoms with E-state index >= 15 is 0 Å². The summed E-state index contributed by atoms with van der Waals surface area (Å²) in [5.74, 6) is 0.541. The maximum Gasteiger partial charge on any atom is 0.319 e. The van der Waals surface area contributed by atoms with Crippen molar-refractivity contribution >= 4 is 11.7 Å². The van der Waals surface area contributed by atoms with Gasteiger partial charge >= 0.3 is 6.03 Å². The highest BCUT2D eigenvalue weighted by atomic mass is 16.5. The van der Waals surface area contributed by atoms with Crippen LogP contribution in [0.25, 0.3) is 0 Å². The highest BCUT2D eigenvalue weighted by Gasteiger charge is 2.14. The topological polar surface area (TPSA) is 50.4 Å². The van der Waals surface area contributed by atoms with Gasteiger partial charge in [0.1, 0.15) is 0 Å². The van der Waals surface area contributed by atoms with Crippen LogP contribution in [0.1, 0.15) is 24.0 Å². The normalized spacial score (nSPS) is 16.1. The van der Waals surface area contributed by atoms with Crippen LogP contribution in [0, 0.1) is 19.8 Å². The summed E-state index contributed by atoms with van der Waals surface area (Å²) in [5.41, 5.74) is 3.25. The standard InChI is InChI=1S/C15H22N2O2/c1-11-3-4-14(9-12(11)2)17-15(18)16-10-13-5-7-19-8-6-13/h3-4,9,13H,5-8,10H2,1-2H3,(H2,16,17,18). The number of aryl methyl sites for hydroxylation is 2. The van der Waals surface area contributed by atoms with E-state index in [1.807, 2.05) is 25.1 Å². The predicted octanol–water partition coefficient (Wildman–Crippen LogP) is 2.85. The second-order valence-electron chi connectivity index (χ2n) is 5.19. The Hall–Kier alpha value is -1.55. The average Bonchev–Trinajstić information content (AvgIpc) is 2.42. The molecule has 1 aromatic rings. The van der Waals surface area contributed by atoms with Gasteiger partial charge < -0.3 is 15.4 Å². The zero-order valence-electron chi connectivity index (χ0n) is 11.7. The molecule has 1 heterocycles. The first-order valence-electron chi connectivity index (χ1n) is 6.85. The Labute approximate surface area is 114 Å². The van der Waals surface area contributed by atoms with Gasteiger partial charge in [-0.1, -0.05) is 6.07 Å². The number of carbonyl (C=O) groups is 1. The van der Waals surface area contributed by atoms with Gasteiger partial charge in [-0.2, -0.15) is 0 Å². The lowest BCUT2D eigenvalue weighted by molar-refractivity contribution is 0.0671. The molecule has 2 N–H and O–H groups in total. The summed E-state index contributed by atoms with van der Waals surface area (Å²) in [7, 11) is 0. The molecule has 1 fully saturated rings. The van der Waals surface area contributed by atoms with Crippen molar-refractivity contribution in [2.75, 3.05) is 25.1 Å². The summed E-state index contributed by atoms with van der Waals surface area (Å²) < 4.78 is 5.30. The number of amides is 2. The third kappa shape index (κ3) is 4.24. The number of benzene rings is 1. The minimum absolute atomic E-state index is 0.130. The van der Waals surface area contributed by atoms with Crippen LogP contribution in [0.3, 0.4) is 0 Å². The molecule has 0 aromatic heterocycles. The minimum Gasteiger partial charge on any atom is -0.381 e. The SMILES string of the molecule is Cc1ccc(NC(=O)NCC2CCOCC2)cc1C. The second kappa shape index (κ2) is 6.57. The molecule has 0 radical (unpaired) electrons. The molecule has 0 atom stereocenters. The molecule has 4 nitrogen and oxygen atoms in total. The molecule has 0 spiro atoms. The van der Waals surface area contributed by atoms with Crippen molar-refractivity contribution in [3.05, 3.63) is 29.3 Å². The van der Waals surface area contributed by atoms with Crippen molar-refractivity contribution in [3.8, 4) is 0 Å². The summed E-state index contributed by atoms with van der Waals surface area (Å²) in [5, 5.41) is 5.80. The number of carbonyl (C=O) groups excluding carboxylic acids is 1. The molecule has 1 saturated heterocycles. The smallest absolute Gasteiger partial charge is 0.319 e. The zero-order valence-corrected chi connectivity index (χ0v) is 11.7. The Balaban J connectivity index is 1.78. The van der Waals surface area contributed by atoms with Gasteiger partial charge in [-0.15, -0.1) is 0 Å². The first kappa shape index (κ1) is 13.9. The van der Waals surface area contributed by atoms with Crippen LogP contribution >= 0.6 is 0 Å². The minimum atomic E-state index is -0.130. The molecule has 4 heteroatoms. The quantitative estimate of drug-likeness (QED) is 0.880. The number of urea groups is 1. The van der Waals surface area contributed by atoms with E-state index < -0.39 is 0 Å². The molecule has 2 rings (SSSR count). The molecule has 1 aliphatic heterocycles. The number of nitrogens with one attached hydrogen (secondary N) is 2. The Kier molecular flexibility index (Phi) is 4.80. The number of anilines is 1. The van der Waals surface area contributed by atoms with Crippen LogP contribution in [0.15, 0.2) is 18.2 Å². The van der Waals surface area contributed by atoms with Gasteiger partial charge in [-0.25, -0.2) is 4.79 Å². The van der Waals surface area contributed by atoms with Crippen molar-refractivity contribution in [3.63, 3.8) is 0 Å². The van der Waals surface area contributed by atoms with Crippen molar-refractivity contribution < 1.29 is 9.53 Å². The van der Waals surface area contributed by atoms with E-state index in [1.165, 1.54) is 11.1 Å². The lowest BCUT2D eigenvalue weighted by atomic mass is 10.0. The summed E-state index contributed by atoms with van der Waals surface area (Å²) in [6.45, 7) is 6.45. The van der Waals surface area contributed by atoms with Crippen molar-refractivity contribution in [1.29, 1.82) is 0 Å². The molecular formula is C15H22N2O2. The molecule has 104 valence electrons.